The molecule has 0 heterocycles. The Hall–Kier alpha value is -1.36. The summed E-state index contributed by atoms with van der Waals surface area (Å²) in [5.74, 6) is 0.321. The van der Waals surface area contributed by atoms with Crippen molar-refractivity contribution in [1.29, 1.82) is 0 Å². The van der Waals surface area contributed by atoms with Gasteiger partial charge < -0.3 is 14.6 Å². The van der Waals surface area contributed by atoms with E-state index in [1.165, 1.54) is 18.2 Å². The van der Waals surface area contributed by atoms with Crippen LogP contribution in [0.5, 0.6) is 11.5 Å². The zero-order valence-corrected chi connectivity index (χ0v) is 8.98. The molecule has 1 aromatic rings. The molecule has 0 aliphatic heterocycles. The quantitative estimate of drug-likeness (QED) is 0.846. The van der Waals surface area contributed by atoms with E-state index in [0.29, 0.717) is 11.3 Å². The highest BCUT2D eigenvalue weighted by Gasteiger charge is 2.08. The summed E-state index contributed by atoms with van der Waals surface area (Å²) in [5.41, 5.74) is 0.341. The number of alkyl halides is 2. The van der Waals surface area contributed by atoms with E-state index in [-0.39, 0.29) is 11.9 Å². The van der Waals surface area contributed by atoms with E-state index in [2.05, 4.69) is 4.74 Å². The first-order valence-electron chi connectivity index (χ1n) is 4.75. The number of rotatable bonds is 5. The minimum absolute atomic E-state index is 0.0477. The van der Waals surface area contributed by atoms with Crippen molar-refractivity contribution < 1.29 is 23.4 Å². The lowest BCUT2D eigenvalue weighted by molar-refractivity contribution is -0.0500. The molecule has 0 spiro atoms. The van der Waals surface area contributed by atoms with Gasteiger partial charge in [-0.05, 0) is 31.5 Å². The monoisotopic (exact) mass is 231 g/mol. The Balaban J connectivity index is 2.91. The number of hydrogen-bond acceptors (Lipinski definition) is 3. The largest absolute Gasteiger partial charge is 0.491 e. The van der Waals surface area contributed by atoms with Gasteiger partial charge in [0.05, 0.1) is 6.10 Å². The molecular formula is C11H13F2O3. The standard InChI is InChI=1S/C11H13F2O3/c1-7(2)15-9-3-8(6-14)4-10(5-9)16-11(12)13/h3-7,11,14H,1-2H3. The number of halogens is 2. The van der Waals surface area contributed by atoms with Crippen LogP contribution in [0.25, 0.3) is 0 Å². The Kier molecular flexibility index (Phi) is 4.49. The molecule has 0 aliphatic carbocycles. The summed E-state index contributed by atoms with van der Waals surface area (Å²) < 4.78 is 33.6. The first kappa shape index (κ1) is 12.7. The Labute approximate surface area is 92.6 Å². The summed E-state index contributed by atoms with van der Waals surface area (Å²) in [5, 5.41) is 8.83. The fourth-order valence-corrected chi connectivity index (χ4v) is 1.18. The van der Waals surface area contributed by atoms with E-state index in [1.54, 1.807) is 0 Å². The molecule has 0 amide bonds. The van der Waals surface area contributed by atoms with E-state index in [9.17, 15) is 8.78 Å². The van der Waals surface area contributed by atoms with Crippen LogP contribution in [-0.4, -0.2) is 17.8 Å². The maximum atomic E-state index is 12.0. The van der Waals surface area contributed by atoms with Crippen LogP contribution in [0.2, 0.25) is 0 Å². The van der Waals surface area contributed by atoms with Gasteiger partial charge in [-0.3, -0.25) is 0 Å². The summed E-state index contributed by atoms with van der Waals surface area (Å²) in [6.45, 7) is 1.51. The summed E-state index contributed by atoms with van der Waals surface area (Å²) >= 11 is 0. The SMILES string of the molecule is CC(C)Oc1cc([CH]O)cc(OC(F)F)c1. The zero-order chi connectivity index (χ0) is 12.1. The van der Waals surface area contributed by atoms with Crippen LogP contribution in [0, 0.1) is 6.61 Å². The van der Waals surface area contributed by atoms with Crippen LogP contribution in [0.3, 0.4) is 0 Å². The maximum Gasteiger partial charge on any atom is 0.387 e. The van der Waals surface area contributed by atoms with Crippen molar-refractivity contribution in [1.82, 2.24) is 0 Å². The van der Waals surface area contributed by atoms with Crippen molar-refractivity contribution in [3.8, 4) is 11.5 Å². The molecule has 3 nitrogen and oxygen atoms in total. The topological polar surface area (TPSA) is 38.7 Å². The van der Waals surface area contributed by atoms with Gasteiger partial charge in [0.2, 0.25) is 0 Å². The van der Waals surface area contributed by atoms with Crippen molar-refractivity contribution in [3.05, 3.63) is 30.4 Å². The van der Waals surface area contributed by atoms with Crippen molar-refractivity contribution in [2.45, 2.75) is 26.6 Å². The lowest BCUT2D eigenvalue weighted by Gasteiger charge is -2.13. The van der Waals surface area contributed by atoms with Crippen LogP contribution < -0.4 is 9.47 Å². The molecule has 0 aromatic heterocycles. The smallest absolute Gasteiger partial charge is 0.387 e. The molecule has 0 atom stereocenters. The van der Waals surface area contributed by atoms with Gasteiger partial charge in [0.15, 0.2) is 0 Å². The molecule has 0 bridgehead atoms. The number of ether oxygens (including phenoxy) is 2. The summed E-state index contributed by atoms with van der Waals surface area (Å²) in [6, 6.07) is 4.16. The number of aliphatic hydroxyl groups is 1. The molecule has 1 radical (unpaired) electrons. The van der Waals surface area contributed by atoms with E-state index in [0.717, 1.165) is 6.61 Å². The average molecular weight is 231 g/mol. The molecular weight excluding hydrogens is 218 g/mol. The third kappa shape index (κ3) is 4.02. The Morgan fingerprint density at radius 3 is 2.12 bits per heavy atom. The van der Waals surface area contributed by atoms with Crippen LogP contribution >= 0.6 is 0 Å². The predicted molar refractivity (Wildman–Crippen MR) is 54.2 cm³/mol. The van der Waals surface area contributed by atoms with Crippen LogP contribution in [-0.2, 0) is 0 Å². The molecule has 89 valence electrons. The van der Waals surface area contributed by atoms with Gasteiger partial charge in [0.25, 0.3) is 0 Å². The second-order valence-corrected chi connectivity index (χ2v) is 3.41. The van der Waals surface area contributed by atoms with Crippen molar-refractivity contribution >= 4 is 0 Å². The number of aliphatic hydroxyl groups excluding tert-OH is 1. The van der Waals surface area contributed by atoms with E-state index >= 15 is 0 Å². The van der Waals surface area contributed by atoms with E-state index in [4.69, 9.17) is 9.84 Å². The van der Waals surface area contributed by atoms with E-state index < -0.39 is 6.61 Å². The van der Waals surface area contributed by atoms with Gasteiger partial charge >= 0.3 is 6.61 Å². The zero-order valence-electron chi connectivity index (χ0n) is 8.98. The van der Waals surface area contributed by atoms with Crippen LogP contribution in [0.1, 0.15) is 19.4 Å². The molecule has 0 aliphatic rings. The van der Waals surface area contributed by atoms with Gasteiger partial charge in [-0.1, -0.05) is 0 Å². The van der Waals surface area contributed by atoms with Crippen molar-refractivity contribution in [2.75, 3.05) is 0 Å². The lowest BCUT2D eigenvalue weighted by Crippen LogP contribution is -2.07. The fourth-order valence-electron chi connectivity index (χ4n) is 1.18. The molecule has 1 aromatic carbocycles. The predicted octanol–water partition coefficient (Wildman–Crippen LogP) is 2.96. The summed E-state index contributed by atoms with van der Waals surface area (Å²) in [4.78, 5) is 0. The Morgan fingerprint density at radius 2 is 1.69 bits per heavy atom. The molecule has 0 fully saturated rings. The van der Waals surface area contributed by atoms with Gasteiger partial charge in [0, 0.05) is 6.07 Å². The maximum absolute atomic E-state index is 12.0. The molecule has 5 heteroatoms. The number of benzene rings is 1. The highest BCUT2D eigenvalue weighted by atomic mass is 19.3. The third-order valence-corrected chi connectivity index (χ3v) is 1.65. The van der Waals surface area contributed by atoms with Crippen molar-refractivity contribution in [2.24, 2.45) is 0 Å². The van der Waals surface area contributed by atoms with Gasteiger partial charge in [-0.15, -0.1) is 0 Å². The van der Waals surface area contributed by atoms with Gasteiger partial charge in [-0.2, -0.15) is 8.78 Å². The second-order valence-electron chi connectivity index (χ2n) is 3.41. The molecule has 0 saturated heterocycles. The van der Waals surface area contributed by atoms with Crippen LogP contribution in [0.4, 0.5) is 8.78 Å². The van der Waals surface area contributed by atoms with Gasteiger partial charge in [-0.25, -0.2) is 0 Å². The van der Waals surface area contributed by atoms with Crippen molar-refractivity contribution in [3.63, 3.8) is 0 Å². The summed E-state index contributed by atoms with van der Waals surface area (Å²) in [7, 11) is 0. The molecule has 1 N–H and O–H groups in total. The number of hydrogen-bond donors (Lipinski definition) is 1. The highest BCUT2D eigenvalue weighted by Crippen LogP contribution is 2.25. The highest BCUT2D eigenvalue weighted by molar-refractivity contribution is 5.40. The minimum atomic E-state index is -2.90. The molecule has 1 rings (SSSR count). The Bertz CT molecular complexity index is 312. The first-order valence-corrected chi connectivity index (χ1v) is 4.75. The normalized spacial score (nSPS) is 10.9. The first-order chi connectivity index (χ1) is 7.51. The molecule has 16 heavy (non-hydrogen) atoms. The molecule has 0 saturated carbocycles. The Morgan fingerprint density at radius 1 is 1.12 bits per heavy atom. The summed E-state index contributed by atoms with van der Waals surface area (Å²) in [6.07, 6.45) is -0.0895. The van der Waals surface area contributed by atoms with E-state index in [1.807, 2.05) is 13.8 Å². The van der Waals surface area contributed by atoms with Gasteiger partial charge in [0.1, 0.15) is 18.1 Å². The van der Waals surface area contributed by atoms with Crippen LogP contribution in [0.15, 0.2) is 18.2 Å². The third-order valence-electron chi connectivity index (χ3n) is 1.65. The molecule has 0 unspecified atom stereocenters. The second kappa shape index (κ2) is 5.65. The lowest BCUT2D eigenvalue weighted by atomic mass is 10.2. The minimum Gasteiger partial charge on any atom is -0.491 e. The average Bonchev–Trinajstić information content (AvgIpc) is 2.14. The fraction of sp³-hybridized carbons (Fsp3) is 0.364.